The van der Waals surface area contributed by atoms with Crippen LogP contribution in [0, 0.1) is 11.3 Å². The second-order valence-corrected chi connectivity index (χ2v) is 5.51. The van der Waals surface area contributed by atoms with Crippen molar-refractivity contribution in [1.29, 1.82) is 5.26 Å². The first-order chi connectivity index (χ1) is 8.57. The smallest absolute Gasteiger partial charge is 0.351 e. The second kappa shape index (κ2) is 6.55. The minimum absolute atomic E-state index is 0.0213. The van der Waals surface area contributed by atoms with Gasteiger partial charge in [0.1, 0.15) is 11.4 Å². The first-order valence-electron chi connectivity index (χ1n) is 5.70. The fourth-order valence-electron chi connectivity index (χ4n) is 1.45. The molecule has 1 rings (SSSR count). The van der Waals surface area contributed by atoms with Crippen LogP contribution in [0.1, 0.15) is 19.5 Å². The van der Waals surface area contributed by atoms with Gasteiger partial charge in [-0.3, -0.25) is 4.57 Å². The topological polar surface area (TPSA) is 64.2 Å². The van der Waals surface area contributed by atoms with E-state index in [1.54, 1.807) is 13.8 Å². The Hall–Kier alpha value is -1.34. The molecular formula is C12H17N2O3P. The maximum absolute atomic E-state index is 12.4. The molecule has 0 aromatic carbocycles. The van der Waals surface area contributed by atoms with Gasteiger partial charge in [0.05, 0.1) is 13.2 Å². The third-order valence-electron chi connectivity index (χ3n) is 2.28. The maximum atomic E-state index is 12.4. The molecule has 0 bridgehead atoms. The molecule has 0 aliphatic heterocycles. The van der Waals surface area contributed by atoms with Crippen molar-refractivity contribution in [2.75, 3.05) is 13.2 Å². The molecule has 1 aromatic rings. The zero-order valence-corrected chi connectivity index (χ0v) is 11.7. The summed E-state index contributed by atoms with van der Waals surface area (Å²) in [6.45, 7) is 3.87. The number of allylic oxidation sites excluding steroid dienone is 1. The van der Waals surface area contributed by atoms with Crippen molar-refractivity contribution in [3.8, 4) is 6.07 Å². The van der Waals surface area contributed by atoms with Crippen molar-refractivity contribution in [2.45, 2.75) is 13.8 Å². The summed E-state index contributed by atoms with van der Waals surface area (Å²) >= 11 is 0. The number of aromatic nitrogens is 1. The van der Waals surface area contributed by atoms with Gasteiger partial charge in [-0.25, -0.2) is 0 Å². The molecule has 0 atom stereocenters. The van der Waals surface area contributed by atoms with Gasteiger partial charge in [-0.15, -0.1) is 0 Å². The highest BCUT2D eigenvalue weighted by Gasteiger charge is 2.30. The van der Waals surface area contributed by atoms with E-state index >= 15 is 0 Å². The number of rotatable bonds is 6. The Morgan fingerprint density at radius 2 is 2.11 bits per heavy atom. The van der Waals surface area contributed by atoms with Gasteiger partial charge in [-0.2, -0.15) is 5.26 Å². The molecule has 0 saturated heterocycles. The quantitative estimate of drug-likeness (QED) is 0.587. The van der Waals surface area contributed by atoms with Crippen LogP contribution in [0.3, 0.4) is 0 Å². The highest BCUT2D eigenvalue weighted by atomic mass is 31.2. The summed E-state index contributed by atoms with van der Waals surface area (Å²) in [6, 6.07) is 5.57. The van der Waals surface area contributed by atoms with Crippen LogP contribution in [0.5, 0.6) is 0 Å². The molecule has 98 valence electrons. The van der Waals surface area contributed by atoms with Crippen LogP contribution >= 0.6 is 7.60 Å². The Balaban J connectivity index is 3.15. The van der Waals surface area contributed by atoms with Crippen LogP contribution in [0.2, 0.25) is 0 Å². The lowest BCUT2D eigenvalue weighted by molar-refractivity contribution is 0.227. The third kappa shape index (κ3) is 3.33. The van der Waals surface area contributed by atoms with E-state index in [0.717, 1.165) is 5.69 Å². The molecule has 0 radical (unpaired) electrons. The molecule has 0 unspecified atom stereocenters. The Morgan fingerprint density at radius 3 is 2.50 bits per heavy atom. The molecular weight excluding hydrogens is 251 g/mol. The lowest BCUT2D eigenvalue weighted by atomic mass is 10.4. The van der Waals surface area contributed by atoms with Crippen molar-refractivity contribution in [3.05, 3.63) is 29.3 Å². The summed E-state index contributed by atoms with van der Waals surface area (Å²) in [5, 5.41) is 9.17. The van der Waals surface area contributed by atoms with Gasteiger partial charge < -0.3 is 13.6 Å². The number of aryl methyl sites for hydroxylation is 1. The van der Waals surface area contributed by atoms with E-state index in [0.29, 0.717) is 0 Å². The van der Waals surface area contributed by atoms with Gasteiger partial charge >= 0.3 is 7.60 Å². The molecule has 6 heteroatoms. The lowest BCUT2D eigenvalue weighted by Gasteiger charge is -2.15. The van der Waals surface area contributed by atoms with E-state index < -0.39 is 7.60 Å². The van der Waals surface area contributed by atoms with Crippen LogP contribution in [-0.2, 0) is 20.7 Å². The largest absolute Gasteiger partial charge is 0.371 e. The minimum atomic E-state index is -3.50. The van der Waals surface area contributed by atoms with Gasteiger partial charge in [0.25, 0.3) is 0 Å². The fraction of sp³-hybridized carbons (Fsp3) is 0.417. The average molecular weight is 268 g/mol. The first kappa shape index (κ1) is 14.7. The zero-order chi connectivity index (χ0) is 13.6. The van der Waals surface area contributed by atoms with E-state index in [4.69, 9.17) is 14.3 Å². The number of hydrogen-bond donors (Lipinski definition) is 0. The third-order valence-corrected chi connectivity index (χ3v) is 4.29. The van der Waals surface area contributed by atoms with Crippen LogP contribution < -0.4 is 0 Å². The summed E-state index contributed by atoms with van der Waals surface area (Å²) in [5.74, 6) is 0. The highest BCUT2D eigenvalue weighted by Crippen LogP contribution is 2.56. The molecule has 0 saturated carbocycles. The second-order valence-electron chi connectivity index (χ2n) is 3.52. The summed E-state index contributed by atoms with van der Waals surface area (Å²) < 4.78 is 24.5. The summed E-state index contributed by atoms with van der Waals surface area (Å²) in [6.07, 6.45) is 3.37. The molecule has 18 heavy (non-hydrogen) atoms. The Bertz CT molecular complexity index is 504. The van der Waals surface area contributed by atoms with E-state index in [-0.39, 0.29) is 18.5 Å². The minimum Gasteiger partial charge on any atom is -0.351 e. The van der Waals surface area contributed by atoms with Gasteiger partial charge in [0.2, 0.25) is 0 Å². The van der Waals surface area contributed by atoms with Crippen LogP contribution in [0.4, 0.5) is 0 Å². The normalized spacial score (nSPS) is 12.4. The molecule has 0 aliphatic rings. The molecule has 0 spiro atoms. The van der Waals surface area contributed by atoms with Gasteiger partial charge in [-0.05, 0) is 32.1 Å². The predicted octanol–water partition coefficient (Wildman–Crippen LogP) is 3.16. The van der Waals surface area contributed by atoms with Crippen molar-refractivity contribution < 1.29 is 13.6 Å². The van der Waals surface area contributed by atoms with E-state index in [2.05, 4.69) is 0 Å². The monoisotopic (exact) mass is 268 g/mol. The number of nitrogens with zero attached hydrogens (tertiary/aromatic N) is 2. The highest BCUT2D eigenvalue weighted by molar-refractivity contribution is 7.59. The Labute approximate surface area is 107 Å². The molecule has 1 heterocycles. The average Bonchev–Trinajstić information content (AvgIpc) is 2.72. The van der Waals surface area contributed by atoms with Crippen LogP contribution in [-0.4, -0.2) is 17.8 Å². The summed E-state index contributed by atoms with van der Waals surface area (Å²) in [5.41, 5.74) is 0.770. The summed E-state index contributed by atoms with van der Waals surface area (Å²) in [4.78, 5) is 0. The molecule has 0 amide bonds. The predicted molar refractivity (Wildman–Crippen MR) is 69.9 cm³/mol. The zero-order valence-electron chi connectivity index (χ0n) is 10.8. The van der Waals surface area contributed by atoms with Crippen molar-refractivity contribution in [2.24, 2.45) is 7.05 Å². The Morgan fingerprint density at radius 1 is 1.50 bits per heavy atom. The lowest BCUT2D eigenvalue weighted by Crippen LogP contribution is -1.98. The van der Waals surface area contributed by atoms with E-state index in [1.165, 1.54) is 6.08 Å². The summed E-state index contributed by atoms with van der Waals surface area (Å²) in [7, 11) is -1.66. The molecule has 1 aromatic heterocycles. The van der Waals surface area contributed by atoms with Crippen LogP contribution in [0.25, 0.3) is 6.08 Å². The Kier molecular flexibility index (Phi) is 5.36. The van der Waals surface area contributed by atoms with Gasteiger partial charge in [0, 0.05) is 18.9 Å². The SMILES string of the molecule is CCOP(=O)(OCC)/C(C#N)=C\c1cccn1C. The van der Waals surface area contributed by atoms with E-state index in [9.17, 15) is 4.57 Å². The molecule has 0 aliphatic carbocycles. The van der Waals surface area contributed by atoms with Gasteiger partial charge in [0.15, 0.2) is 0 Å². The fourth-order valence-corrected chi connectivity index (χ4v) is 2.90. The van der Waals surface area contributed by atoms with Gasteiger partial charge in [-0.1, -0.05) is 0 Å². The van der Waals surface area contributed by atoms with E-state index in [1.807, 2.05) is 36.0 Å². The standard InChI is InChI=1S/C12H17N2O3P/c1-4-16-18(15,17-5-2)12(10-13)9-11-7-6-8-14(11)3/h6-9H,4-5H2,1-3H3/b12-9-. The van der Waals surface area contributed by atoms with Crippen molar-refractivity contribution in [1.82, 2.24) is 4.57 Å². The maximum Gasteiger partial charge on any atom is 0.371 e. The van der Waals surface area contributed by atoms with Crippen LogP contribution in [0.15, 0.2) is 23.6 Å². The molecule has 5 nitrogen and oxygen atoms in total. The molecule has 0 fully saturated rings. The number of nitriles is 1. The molecule has 0 N–H and O–H groups in total. The van der Waals surface area contributed by atoms with Crippen molar-refractivity contribution in [3.63, 3.8) is 0 Å². The first-order valence-corrected chi connectivity index (χ1v) is 7.24. The number of hydrogen-bond acceptors (Lipinski definition) is 4. The van der Waals surface area contributed by atoms with Crippen molar-refractivity contribution >= 4 is 13.7 Å².